The fraction of sp³-hybridized carbons (Fsp3) is 0.481. The van der Waals surface area contributed by atoms with Gasteiger partial charge in [0.15, 0.2) is 0 Å². The van der Waals surface area contributed by atoms with Crippen molar-refractivity contribution in [3.8, 4) is 11.1 Å². The van der Waals surface area contributed by atoms with Crippen molar-refractivity contribution in [2.24, 2.45) is 29.6 Å². The van der Waals surface area contributed by atoms with E-state index in [0.29, 0.717) is 11.8 Å². The fourth-order valence-electron chi connectivity index (χ4n) is 6.30. The minimum Gasteiger partial charge on any atom is -0.462 e. The van der Waals surface area contributed by atoms with Gasteiger partial charge in [0.2, 0.25) is 0 Å². The summed E-state index contributed by atoms with van der Waals surface area (Å²) in [5.74, 6) is 1.34. The first-order valence-electron chi connectivity index (χ1n) is 11.6. The molecule has 5 rings (SSSR count). The average Bonchev–Trinajstić information content (AvgIpc) is 3.04. The number of ether oxygens (including phenoxy) is 1. The van der Waals surface area contributed by atoms with Crippen molar-refractivity contribution in [2.75, 3.05) is 0 Å². The van der Waals surface area contributed by atoms with E-state index < -0.39 is 0 Å². The number of pyridine rings is 1. The fourth-order valence-corrected chi connectivity index (χ4v) is 6.30. The van der Waals surface area contributed by atoms with Gasteiger partial charge in [-0.2, -0.15) is 0 Å². The molecule has 1 aromatic heterocycles. The lowest BCUT2D eigenvalue weighted by Gasteiger charge is -2.46. The highest BCUT2D eigenvalue weighted by atomic mass is 16.6. The maximum atomic E-state index is 12.5. The van der Waals surface area contributed by atoms with Crippen LogP contribution in [0.4, 0.5) is 0 Å². The maximum Gasteiger partial charge on any atom is 0.309 e. The van der Waals surface area contributed by atoms with Crippen LogP contribution in [0.2, 0.25) is 0 Å². The molecule has 7 atom stereocenters. The van der Waals surface area contributed by atoms with Crippen molar-refractivity contribution in [3.05, 3.63) is 59.9 Å². The first-order chi connectivity index (χ1) is 15.0. The molecule has 0 unspecified atom stereocenters. The van der Waals surface area contributed by atoms with Gasteiger partial charge in [-0.15, -0.1) is 0 Å². The first-order valence-corrected chi connectivity index (χ1v) is 11.6. The number of hydrogen-bond donors (Lipinski definition) is 1. The molecule has 0 spiro atoms. The Morgan fingerprint density at radius 2 is 2.00 bits per heavy atom. The first kappa shape index (κ1) is 20.4. The maximum absolute atomic E-state index is 12.5. The Balaban J connectivity index is 1.39. The molecule has 1 aromatic carbocycles. The van der Waals surface area contributed by atoms with Crippen molar-refractivity contribution >= 4 is 12.0 Å². The minimum absolute atomic E-state index is 0.0344. The summed E-state index contributed by atoms with van der Waals surface area (Å²) in [7, 11) is 0. The molecule has 162 valence electrons. The van der Waals surface area contributed by atoms with Gasteiger partial charge in [0.05, 0.1) is 17.7 Å². The summed E-state index contributed by atoms with van der Waals surface area (Å²) in [4.78, 5) is 17.1. The second-order valence-corrected chi connectivity index (χ2v) is 9.73. The summed E-state index contributed by atoms with van der Waals surface area (Å²) >= 11 is 0. The van der Waals surface area contributed by atoms with Gasteiger partial charge >= 0.3 is 5.97 Å². The number of esters is 1. The molecule has 31 heavy (non-hydrogen) atoms. The molecule has 0 bridgehead atoms. The predicted molar refractivity (Wildman–Crippen MR) is 121 cm³/mol. The Morgan fingerprint density at radius 3 is 2.77 bits per heavy atom. The van der Waals surface area contributed by atoms with Crippen LogP contribution in [0.15, 0.2) is 48.7 Å². The number of aliphatic hydroxyl groups is 1. The standard InChI is InChI=1S/C27H31NO3/c1-16-4-3-5-18(12-16)19-6-7-21(28-15-19)8-10-24-23-11-9-22(29)13-20(23)14-25-26(24)17(2)31-27(25)30/h3-8,10,12,15,17,20,22-26,29H,9,11,13-14H2,1-2H3/b10-8+/t17-,20+,22-,23-,24+,25-,26+/m1/s1. The zero-order valence-corrected chi connectivity index (χ0v) is 18.3. The van der Waals surface area contributed by atoms with Crippen LogP contribution in [0.25, 0.3) is 17.2 Å². The number of hydrogen-bond acceptors (Lipinski definition) is 4. The van der Waals surface area contributed by atoms with Crippen LogP contribution in [-0.2, 0) is 9.53 Å². The Kier molecular flexibility index (Phi) is 5.43. The van der Waals surface area contributed by atoms with Gasteiger partial charge < -0.3 is 9.84 Å². The van der Waals surface area contributed by atoms with E-state index in [1.165, 1.54) is 11.1 Å². The third-order valence-corrected chi connectivity index (χ3v) is 7.75. The van der Waals surface area contributed by atoms with Crippen molar-refractivity contribution in [3.63, 3.8) is 0 Å². The van der Waals surface area contributed by atoms with Crippen LogP contribution >= 0.6 is 0 Å². The van der Waals surface area contributed by atoms with Crippen LogP contribution in [0.5, 0.6) is 0 Å². The number of fused-ring (bicyclic) bond motifs is 2. The largest absolute Gasteiger partial charge is 0.462 e. The number of aromatic nitrogens is 1. The number of carbonyl (C=O) groups excluding carboxylic acids is 1. The van der Waals surface area contributed by atoms with E-state index >= 15 is 0 Å². The van der Waals surface area contributed by atoms with Crippen molar-refractivity contribution in [1.29, 1.82) is 0 Å². The molecule has 4 heteroatoms. The molecule has 0 radical (unpaired) electrons. The molecule has 1 N–H and O–H groups in total. The van der Waals surface area contributed by atoms with Gasteiger partial charge in [-0.3, -0.25) is 9.78 Å². The molecule has 2 aliphatic carbocycles. The van der Waals surface area contributed by atoms with Gasteiger partial charge in [-0.25, -0.2) is 0 Å². The lowest BCUT2D eigenvalue weighted by Crippen LogP contribution is -2.44. The van der Waals surface area contributed by atoms with Gasteiger partial charge in [-0.05, 0) is 75.0 Å². The van der Waals surface area contributed by atoms with Crippen LogP contribution in [0.3, 0.4) is 0 Å². The summed E-state index contributed by atoms with van der Waals surface area (Å²) in [6.45, 7) is 4.14. The number of carbonyl (C=O) groups is 1. The number of rotatable bonds is 3. The zero-order valence-electron chi connectivity index (χ0n) is 18.3. The summed E-state index contributed by atoms with van der Waals surface area (Å²) in [6, 6.07) is 12.6. The summed E-state index contributed by atoms with van der Waals surface area (Å²) < 4.78 is 5.65. The zero-order chi connectivity index (χ0) is 21.5. The van der Waals surface area contributed by atoms with Gasteiger partial charge in [0.1, 0.15) is 6.10 Å². The monoisotopic (exact) mass is 417 g/mol. The minimum atomic E-state index is -0.229. The topological polar surface area (TPSA) is 59.4 Å². The molecular formula is C27H31NO3. The highest BCUT2D eigenvalue weighted by Crippen LogP contribution is 2.53. The van der Waals surface area contributed by atoms with E-state index in [4.69, 9.17) is 4.74 Å². The summed E-state index contributed by atoms with van der Waals surface area (Å²) in [5, 5.41) is 10.2. The summed E-state index contributed by atoms with van der Waals surface area (Å²) in [6.07, 6.45) is 9.60. The van der Waals surface area contributed by atoms with E-state index in [1.807, 2.05) is 13.1 Å². The molecule has 2 aromatic rings. The molecule has 2 heterocycles. The molecule has 1 saturated heterocycles. The van der Waals surface area contributed by atoms with Crippen LogP contribution < -0.4 is 0 Å². The lowest BCUT2D eigenvalue weighted by molar-refractivity contribution is -0.144. The second-order valence-electron chi connectivity index (χ2n) is 9.73. The summed E-state index contributed by atoms with van der Waals surface area (Å²) in [5.41, 5.74) is 4.47. The SMILES string of the molecule is Cc1cccc(-c2ccc(/C=C/[C@H]3[C@@H]4CC[C@@H](O)C[C@H]4C[C@H]4C(=O)O[C@H](C)[C@@H]34)nc2)c1. The number of aliphatic hydroxyl groups excluding tert-OH is 1. The molecule has 0 amide bonds. The lowest BCUT2D eigenvalue weighted by atomic mass is 9.57. The van der Waals surface area contributed by atoms with Gasteiger partial charge in [0.25, 0.3) is 0 Å². The van der Waals surface area contributed by atoms with Crippen LogP contribution in [-0.4, -0.2) is 28.3 Å². The highest BCUT2D eigenvalue weighted by molar-refractivity contribution is 5.75. The Hall–Kier alpha value is -2.46. The van der Waals surface area contributed by atoms with E-state index in [0.717, 1.165) is 36.9 Å². The van der Waals surface area contributed by atoms with E-state index in [-0.39, 0.29) is 35.9 Å². The highest BCUT2D eigenvalue weighted by Gasteiger charge is 2.54. The Labute approximate surface area is 184 Å². The molecular weight excluding hydrogens is 386 g/mol. The Bertz CT molecular complexity index is 982. The molecule has 3 aliphatic rings. The number of cyclic esters (lactones) is 1. The smallest absolute Gasteiger partial charge is 0.309 e. The normalized spacial score (nSPS) is 34.9. The van der Waals surface area contributed by atoms with Gasteiger partial charge in [0, 0.05) is 17.7 Å². The van der Waals surface area contributed by atoms with Crippen molar-refractivity contribution in [1.82, 2.24) is 4.98 Å². The second kappa shape index (κ2) is 8.23. The number of aryl methyl sites for hydroxylation is 1. The van der Waals surface area contributed by atoms with Crippen LogP contribution in [0, 0.1) is 36.5 Å². The van der Waals surface area contributed by atoms with E-state index in [1.54, 1.807) is 0 Å². The van der Waals surface area contributed by atoms with E-state index in [2.05, 4.69) is 60.5 Å². The number of nitrogens with zero attached hydrogens (tertiary/aromatic N) is 1. The molecule has 4 nitrogen and oxygen atoms in total. The molecule has 2 saturated carbocycles. The van der Waals surface area contributed by atoms with Crippen molar-refractivity contribution < 1.29 is 14.6 Å². The third kappa shape index (κ3) is 3.94. The van der Waals surface area contributed by atoms with Crippen LogP contribution in [0.1, 0.15) is 43.9 Å². The third-order valence-electron chi connectivity index (χ3n) is 7.75. The van der Waals surface area contributed by atoms with E-state index in [9.17, 15) is 9.90 Å². The molecule has 1 aliphatic heterocycles. The molecule has 3 fully saturated rings. The number of allylic oxidation sites excluding steroid dienone is 1. The average molecular weight is 418 g/mol. The number of benzene rings is 1. The quantitative estimate of drug-likeness (QED) is 0.711. The van der Waals surface area contributed by atoms with Gasteiger partial charge in [-0.1, -0.05) is 42.0 Å². The van der Waals surface area contributed by atoms with Crippen molar-refractivity contribution in [2.45, 2.75) is 51.7 Å². The Morgan fingerprint density at radius 1 is 1.13 bits per heavy atom. The predicted octanol–water partition coefficient (Wildman–Crippen LogP) is 5.05.